The molecule has 0 saturated carbocycles. The van der Waals surface area contributed by atoms with Crippen molar-refractivity contribution < 1.29 is 9.59 Å². The highest BCUT2D eigenvalue weighted by atomic mass is 16.2. The number of nitrogens with one attached hydrogen (secondary N) is 3. The van der Waals surface area contributed by atoms with Crippen LogP contribution in [0.25, 0.3) is 16.6 Å². The third-order valence-electron chi connectivity index (χ3n) is 6.21. The Balaban J connectivity index is 1.28. The zero-order valence-electron chi connectivity index (χ0n) is 18.8. The van der Waals surface area contributed by atoms with Gasteiger partial charge in [0.15, 0.2) is 0 Å². The van der Waals surface area contributed by atoms with Gasteiger partial charge < -0.3 is 25.4 Å². The number of nitrogens with zero attached hydrogens (tertiary/aromatic N) is 4. The highest BCUT2D eigenvalue weighted by molar-refractivity contribution is 5.95. The van der Waals surface area contributed by atoms with Crippen LogP contribution in [0.4, 0.5) is 21.0 Å². The van der Waals surface area contributed by atoms with Crippen molar-refractivity contribution in [2.45, 2.75) is 25.7 Å². The number of fused-ring (bicyclic) bond motifs is 3. The van der Waals surface area contributed by atoms with E-state index in [-0.39, 0.29) is 12.1 Å². The molecule has 170 valence electrons. The number of hydrogen-bond donors (Lipinski definition) is 3. The molecular formula is C24H27N7O2. The van der Waals surface area contributed by atoms with Gasteiger partial charge in [0.1, 0.15) is 12.0 Å². The van der Waals surface area contributed by atoms with Crippen LogP contribution in [-0.2, 0) is 12.8 Å². The fraction of sp³-hybridized carbons (Fsp3) is 0.333. The number of aromatic amines is 1. The van der Waals surface area contributed by atoms with Crippen LogP contribution in [0.3, 0.4) is 0 Å². The van der Waals surface area contributed by atoms with Crippen molar-refractivity contribution in [3.63, 3.8) is 0 Å². The molecule has 9 nitrogen and oxygen atoms in total. The Bertz CT molecular complexity index is 1260. The van der Waals surface area contributed by atoms with E-state index >= 15 is 0 Å². The lowest BCUT2D eigenvalue weighted by molar-refractivity contribution is 0.217. The maximum Gasteiger partial charge on any atom is 0.322 e. The first-order valence-electron chi connectivity index (χ1n) is 11.2. The van der Waals surface area contributed by atoms with E-state index in [4.69, 9.17) is 0 Å². The van der Waals surface area contributed by atoms with E-state index < -0.39 is 0 Å². The van der Waals surface area contributed by atoms with Gasteiger partial charge in [-0.2, -0.15) is 0 Å². The average Bonchev–Trinajstić information content (AvgIpc) is 3.40. The summed E-state index contributed by atoms with van der Waals surface area (Å²) in [6.07, 6.45) is 7.73. The molecule has 3 aromatic rings. The van der Waals surface area contributed by atoms with Crippen molar-refractivity contribution in [2.75, 3.05) is 37.8 Å². The molecule has 1 aliphatic carbocycles. The molecule has 4 amide bonds. The first kappa shape index (κ1) is 21.0. The maximum absolute atomic E-state index is 12.8. The monoisotopic (exact) mass is 445 g/mol. The van der Waals surface area contributed by atoms with Crippen LogP contribution in [-0.4, -0.2) is 64.0 Å². The summed E-state index contributed by atoms with van der Waals surface area (Å²) in [5.74, 6) is 0. The fourth-order valence-electron chi connectivity index (χ4n) is 4.49. The topological polar surface area (TPSA) is 106 Å². The zero-order valence-corrected chi connectivity index (χ0v) is 18.8. The van der Waals surface area contributed by atoms with E-state index in [0.717, 1.165) is 41.6 Å². The Morgan fingerprint density at radius 1 is 1.09 bits per heavy atom. The van der Waals surface area contributed by atoms with Crippen molar-refractivity contribution >= 4 is 40.0 Å². The van der Waals surface area contributed by atoms with Gasteiger partial charge in [-0.1, -0.05) is 12.1 Å². The van der Waals surface area contributed by atoms with Crippen LogP contribution >= 0.6 is 0 Å². The summed E-state index contributed by atoms with van der Waals surface area (Å²) in [5.41, 5.74) is 6.95. The largest absolute Gasteiger partial charge is 0.343 e. The zero-order chi connectivity index (χ0) is 22.9. The number of aromatic nitrogens is 3. The van der Waals surface area contributed by atoms with Gasteiger partial charge in [-0.25, -0.2) is 19.6 Å². The number of carbonyl (C=O) groups excluding carboxylic acids is 2. The van der Waals surface area contributed by atoms with Gasteiger partial charge in [-0.15, -0.1) is 0 Å². The summed E-state index contributed by atoms with van der Waals surface area (Å²) < 4.78 is 0. The molecule has 0 radical (unpaired) electrons. The normalized spacial score (nSPS) is 15.2. The summed E-state index contributed by atoms with van der Waals surface area (Å²) in [4.78, 5) is 40.4. The van der Waals surface area contributed by atoms with E-state index in [0.29, 0.717) is 24.5 Å². The summed E-state index contributed by atoms with van der Waals surface area (Å²) in [5, 5.41) is 6.86. The molecule has 2 aromatic heterocycles. The van der Waals surface area contributed by atoms with Gasteiger partial charge in [0.25, 0.3) is 0 Å². The number of anilines is 2. The molecule has 1 aliphatic heterocycles. The lowest BCUT2D eigenvalue weighted by Crippen LogP contribution is -2.38. The fourth-order valence-corrected chi connectivity index (χ4v) is 4.49. The summed E-state index contributed by atoms with van der Waals surface area (Å²) in [6, 6.07) is 6.74. The highest BCUT2D eigenvalue weighted by Crippen LogP contribution is 2.34. The molecule has 0 saturated heterocycles. The first-order valence-corrected chi connectivity index (χ1v) is 11.2. The summed E-state index contributed by atoms with van der Waals surface area (Å²) in [7, 11) is 3.35. The molecule has 0 unspecified atom stereocenters. The quantitative estimate of drug-likeness (QED) is 0.569. The molecule has 5 rings (SSSR count). The molecule has 2 aliphatic rings. The third kappa shape index (κ3) is 4.13. The van der Waals surface area contributed by atoms with Gasteiger partial charge in [0.2, 0.25) is 0 Å². The number of aryl methyl sites for hydroxylation is 2. The minimum absolute atomic E-state index is 0.170. The Labute approximate surface area is 191 Å². The van der Waals surface area contributed by atoms with Crippen LogP contribution in [0.2, 0.25) is 0 Å². The van der Waals surface area contributed by atoms with E-state index in [2.05, 4.69) is 31.7 Å². The summed E-state index contributed by atoms with van der Waals surface area (Å²) in [6.45, 7) is 1.11. The molecular weight excluding hydrogens is 418 g/mol. The number of urea groups is 2. The smallest absolute Gasteiger partial charge is 0.322 e. The van der Waals surface area contributed by atoms with E-state index in [1.165, 1.54) is 22.6 Å². The Hall–Kier alpha value is -3.88. The molecule has 3 N–H and O–H groups in total. The second-order valence-electron chi connectivity index (χ2n) is 8.64. The second kappa shape index (κ2) is 8.57. The van der Waals surface area contributed by atoms with E-state index in [1.54, 1.807) is 49.6 Å². The van der Waals surface area contributed by atoms with Crippen LogP contribution in [0, 0.1) is 0 Å². The van der Waals surface area contributed by atoms with Crippen LogP contribution in [0.1, 0.15) is 29.8 Å². The summed E-state index contributed by atoms with van der Waals surface area (Å²) >= 11 is 0. The Morgan fingerprint density at radius 3 is 2.67 bits per heavy atom. The van der Waals surface area contributed by atoms with Crippen molar-refractivity contribution in [2.24, 2.45) is 0 Å². The Morgan fingerprint density at radius 2 is 1.91 bits per heavy atom. The van der Waals surface area contributed by atoms with E-state index in [9.17, 15) is 9.59 Å². The Kier molecular flexibility index (Phi) is 5.45. The predicted molar refractivity (Wildman–Crippen MR) is 128 cm³/mol. The van der Waals surface area contributed by atoms with Crippen molar-refractivity contribution in [1.29, 1.82) is 0 Å². The molecule has 1 aromatic carbocycles. The number of hydrogen-bond acceptors (Lipinski definition) is 4. The SMILES string of the molecule is CN(C)C(=O)Nc1cccc(NC(=O)N2CC=C(c3ncnc4[nH]c5c(c34)CCC5)CC2)c1. The molecule has 0 spiro atoms. The lowest BCUT2D eigenvalue weighted by atomic mass is 10.00. The van der Waals surface area contributed by atoms with Crippen molar-refractivity contribution in [3.05, 3.63) is 53.6 Å². The first-order chi connectivity index (χ1) is 16.0. The van der Waals surface area contributed by atoms with Gasteiger partial charge in [0.05, 0.1) is 5.69 Å². The number of carbonyl (C=O) groups is 2. The van der Waals surface area contributed by atoms with Crippen molar-refractivity contribution in [3.8, 4) is 0 Å². The van der Waals surface area contributed by atoms with Gasteiger partial charge in [0, 0.05) is 49.6 Å². The number of amides is 4. The number of H-pyrrole nitrogens is 1. The molecule has 0 bridgehead atoms. The molecule has 3 heterocycles. The third-order valence-corrected chi connectivity index (χ3v) is 6.21. The maximum atomic E-state index is 12.8. The molecule has 0 fully saturated rings. The van der Waals surface area contributed by atoms with Crippen molar-refractivity contribution in [1.82, 2.24) is 24.8 Å². The van der Waals surface area contributed by atoms with E-state index in [1.807, 2.05) is 0 Å². The molecule has 0 atom stereocenters. The number of rotatable bonds is 3. The minimum atomic E-state index is -0.223. The lowest BCUT2D eigenvalue weighted by Gasteiger charge is -2.27. The van der Waals surface area contributed by atoms with Gasteiger partial charge in [-0.05, 0) is 55.0 Å². The average molecular weight is 446 g/mol. The second-order valence-corrected chi connectivity index (χ2v) is 8.64. The highest BCUT2D eigenvalue weighted by Gasteiger charge is 2.24. The van der Waals surface area contributed by atoms with Crippen LogP contribution in [0.5, 0.6) is 0 Å². The molecule has 9 heteroatoms. The minimum Gasteiger partial charge on any atom is -0.343 e. The molecule has 33 heavy (non-hydrogen) atoms. The van der Waals surface area contributed by atoms with Crippen LogP contribution in [0.15, 0.2) is 36.7 Å². The number of benzene rings is 1. The standard InChI is InChI=1S/C24H27N7O2/c1-30(2)23(32)27-16-5-3-6-17(13-16)28-24(33)31-11-9-15(10-12-31)21-20-18-7-4-8-19(18)29-22(20)26-14-25-21/h3,5-6,9,13-14H,4,7-8,10-12H2,1-2H3,(H,27,32)(H,28,33)(H,25,26,29). The predicted octanol–water partition coefficient (Wildman–Crippen LogP) is 3.86. The van der Waals surface area contributed by atoms with Crippen LogP contribution < -0.4 is 10.6 Å². The van der Waals surface area contributed by atoms with Gasteiger partial charge in [-0.3, -0.25) is 0 Å². The van der Waals surface area contributed by atoms with Gasteiger partial charge >= 0.3 is 12.1 Å².